The van der Waals surface area contributed by atoms with Crippen LogP contribution < -0.4 is 9.80 Å². The Balaban J connectivity index is 1.93. The molecule has 0 heterocycles. The summed E-state index contributed by atoms with van der Waals surface area (Å²) >= 11 is 0. The largest absolute Gasteiger partial charge is 0.378 e. The summed E-state index contributed by atoms with van der Waals surface area (Å²) in [5.41, 5.74) is 13.6. The first-order valence-electron chi connectivity index (χ1n) is 9.57. The van der Waals surface area contributed by atoms with Crippen molar-refractivity contribution in [3.8, 4) is 22.3 Å². The van der Waals surface area contributed by atoms with Gasteiger partial charge in [0.25, 0.3) is 0 Å². The summed E-state index contributed by atoms with van der Waals surface area (Å²) < 4.78 is 0. The second-order valence-corrected chi connectivity index (χ2v) is 8.15. The molecule has 138 valence electrons. The lowest BCUT2D eigenvalue weighted by molar-refractivity contribution is 1.13. The van der Waals surface area contributed by atoms with Crippen molar-refractivity contribution >= 4 is 11.4 Å². The van der Waals surface area contributed by atoms with E-state index >= 15 is 0 Å². The SMILES string of the molecule is Cc1cc(C)c2c(c1)Cc1c(-c3ccc(N(C)C)cc3)cc(N(C)C)cc1-2. The fourth-order valence-electron chi connectivity index (χ4n) is 4.30. The molecule has 0 spiro atoms. The van der Waals surface area contributed by atoms with Crippen molar-refractivity contribution in [1.82, 2.24) is 0 Å². The third-order valence-corrected chi connectivity index (χ3v) is 5.64. The van der Waals surface area contributed by atoms with Crippen LogP contribution in [0.25, 0.3) is 22.3 Å². The third-order valence-electron chi connectivity index (χ3n) is 5.64. The predicted octanol–water partition coefficient (Wildman–Crippen LogP) is 5.67. The number of nitrogens with zero attached hydrogens (tertiary/aromatic N) is 2. The van der Waals surface area contributed by atoms with Gasteiger partial charge in [0.15, 0.2) is 0 Å². The van der Waals surface area contributed by atoms with E-state index in [1.54, 1.807) is 0 Å². The standard InChI is InChI=1S/C25H28N2/c1-16-11-17(2)25-19(12-16)13-23-22(14-21(27(5)6)15-24(23)25)18-7-9-20(10-8-18)26(3)4/h7-12,14-15H,13H2,1-6H3. The summed E-state index contributed by atoms with van der Waals surface area (Å²) in [6, 6.07) is 18.3. The molecule has 3 aromatic carbocycles. The number of benzene rings is 3. The summed E-state index contributed by atoms with van der Waals surface area (Å²) in [5.74, 6) is 0. The lowest BCUT2D eigenvalue weighted by Crippen LogP contribution is -2.09. The van der Waals surface area contributed by atoms with E-state index in [-0.39, 0.29) is 0 Å². The second-order valence-electron chi connectivity index (χ2n) is 8.15. The average molecular weight is 357 g/mol. The number of aryl methyl sites for hydroxylation is 2. The predicted molar refractivity (Wildman–Crippen MR) is 118 cm³/mol. The van der Waals surface area contributed by atoms with Gasteiger partial charge in [-0.1, -0.05) is 29.8 Å². The molecule has 0 bridgehead atoms. The molecule has 0 N–H and O–H groups in total. The lowest BCUT2D eigenvalue weighted by Gasteiger charge is -2.19. The first-order valence-corrected chi connectivity index (χ1v) is 9.57. The van der Waals surface area contributed by atoms with Crippen molar-refractivity contribution in [1.29, 1.82) is 0 Å². The summed E-state index contributed by atoms with van der Waals surface area (Å²) in [7, 11) is 8.42. The topological polar surface area (TPSA) is 6.48 Å². The fourth-order valence-corrected chi connectivity index (χ4v) is 4.30. The van der Waals surface area contributed by atoms with Crippen LogP contribution in [0.4, 0.5) is 11.4 Å². The maximum atomic E-state index is 2.36. The van der Waals surface area contributed by atoms with Crippen molar-refractivity contribution in [2.75, 3.05) is 38.0 Å². The van der Waals surface area contributed by atoms with Crippen LogP contribution in [0.3, 0.4) is 0 Å². The quantitative estimate of drug-likeness (QED) is 0.466. The molecule has 0 aliphatic heterocycles. The summed E-state index contributed by atoms with van der Waals surface area (Å²) in [6.07, 6.45) is 1.02. The van der Waals surface area contributed by atoms with Crippen molar-refractivity contribution < 1.29 is 0 Å². The molecule has 0 fully saturated rings. The molecule has 3 aromatic rings. The monoisotopic (exact) mass is 356 g/mol. The highest BCUT2D eigenvalue weighted by Gasteiger charge is 2.25. The van der Waals surface area contributed by atoms with Crippen LogP contribution in [0, 0.1) is 13.8 Å². The lowest BCUT2D eigenvalue weighted by atomic mass is 9.93. The van der Waals surface area contributed by atoms with Gasteiger partial charge in [-0.15, -0.1) is 0 Å². The zero-order chi connectivity index (χ0) is 19.3. The maximum Gasteiger partial charge on any atom is 0.0373 e. The highest BCUT2D eigenvalue weighted by Crippen LogP contribution is 2.45. The van der Waals surface area contributed by atoms with Gasteiger partial charge in [-0.2, -0.15) is 0 Å². The third kappa shape index (κ3) is 2.99. The average Bonchev–Trinajstić information content (AvgIpc) is 2.99. The number of hydrogen-bond acceptors (Lipinski definition) is 2. The molecule has 0 saturated carbocycles. The summed E-state index contributed by atoms with van der Waals surface area (Å²) in [4.78, 5) is 4.35. The zero-order valence-electron chi connectivity index (χ0n) is 17.2. The van der Waals surface area contributed by atoms with Crippen molar-refractivity contribution in [3.63, 3.8) is 0 Å². The molecular weight excluding hydrogens is 328 g/mol. The Morgan fingerprint density at radius 2 is 1.33 bits per heavy atom. The molecule has 27 heavy (non-hydrogen) atoms. The van der Waals surface area contributed by atoms with Crippen molar-refractivity contribution in [2.24, 2.45) is 0 Å². The maximum absolute atomic E-state index is 2.36. The van der Waals surface area contributed by atoms with Crippen LogP contribution in [0.2, 0.25) is 0 Å². The van der Waals surface area contributed by atoms with Crippen LogP contribution in [-0.2, 0) is 6.42 Å². The fraction of sp³-hybridized carbons (Fsp3) is 0.280. The van der Waals surface area contributed by atoms with Crippen molar-refractivity contribution in [2.45, 2.75) is 20.3 Å². The molecule has 0 saturated heterocycles. The van der Waals surface area contributed by atoms with Gasteiger partial charge in [-0.3, -0.25) is 0 Å². The van der Waals surface area contributed by atoms with Crippen LogP contribution in [0.15, 0.2) is 48.5 Å². The normalized spacial score (nSPS) is 11.9. The molecule has 0 atom stereocenters. The molecule has 0 amide bonds. The number of rotatable bonds is 3. The van der Waals surface area contributed by atoms with Crippen LogP contribution in [0.1, 0.15) is 22.3 Å². The van der Waals surface area contributed by atoms with Gasteiger partial charge in [0.1, 0.15) is 0 Å². The molecular formula is C25H28N2. The van der Waals surface area contributed by atoms with E-state index in [1.807, 2.05) is 0 Å². The summed E-state index contributed by atoms with van der Waals surface area (Å²) in [6.45, 7) is 4.44. The van der Waals surface area contributed by atoms with Gasteiger partial charge in [0.05, 0.1) is 0 Å². The van der Waals surface area contributed by atoms with Crippen LogP contribution in [0.5, 0.6) is 0 Å². The minimum atomic E-state index is 1.02. The second kappa shape index (κ2) is 6.45. The van der Waals surface area contributed by atoms with E-state index in [9.17, 15) is 0 Å². The molecule has 2 heteroatoms. The minimum absolute atomic E-state index is 1.02. The van der Waals surface area contributed by atoms with E-state index in [2.05, 4.69) is 100 Å². The molecule has 0 unspecified atom stereocenters. The molecule has 0 aromatic heterocycles. The Bertz CT molecular complexity index is 1010. The first-order chi connectivity index (χ1) is 12.8. The van der Waals surface area contributed by atoms with E-state index < -0.39 is 0 Å². The number of hydrogen-bond donors (Lipinski definition) is 0. The smallest absolute Gasteiger partial charge is 0.0373 e. The van der Waals surface area contributed by atoms with E-state index in [1.165, 1.54) is 55.9 Å². The van der Waals surface area contributed by atoms with Crippen molar-refractivity contribution in [3.05, 3.63) is 70.8 Å². The molecule has 4 rings (SSSR count). The molecule has 1 aliphatic carbocycles. The van der Waals surface area contributed by atoms with Crippen LogP contribution >= 0.6 is 0 Å². The minimum Gasteiger partial charge on any atom is -0.378 e. The molecule has 2 nitrogen and oxygen atoms in total. The van der Waals surface area contributed by atoms with E-state index in [0.29, 0.717) is 0 Å². The Kier molecular flexibility index (Phi) is 4.22. The van der Waals surface area contributed by atoms with Gasteiger partial charge in [-0.25, -0.2) is 0 Å². The van der Waals surface area contributed by atoms with Gasteiger partial charge in [0.2, 0.25) is 0 Å². The number of fused-ring (bicyclic) bond motifs is 3. The molecule has 1 aliphatic rings. The Morgan fingerprint density at radius 3 is 1.96 bits per heavy atom. The molecule has 0 radical (unpaired) electrons. The Hall–Kier alpha value is -2.74. The zero-order valence-corrected chi connectivity index (χ0v) is 17.2. The Labute approximate surface area is 163 Å². The van der Waals surface area contributed by atoms with Gasteiger partial charge < -0.3 is 9.80 Å². The van der Waals surface area contributed by atoms with Gasteiger partial charge in [-0.05, 0) is 83.5 Å². The number of anilines is 2. The highest BCUT2D eigenvalue weighted by atomic mass is 15.1. The van der Waals surface area contributed by atoms with E-state index in [0.717, 1.165) is 6.42 Å². The van der Waals surface area contributed by atoms with Crippen LogP contribution in [-0.4, -0.2) is 28.2 Å². The van der Waals surface area contributed by atoms with E-state index in [4.69, 9.17) is 0 Å². The summed E-state index contributed by atoms with van der Waals surface area (Å²) in [5, 5.41) is 0. The van der Waals surface area contributed by atoms with Gasteiger partial charge >= 0.3 is 0 Å². The first kappa shape index (κ1) is 17.7. The van der Waals surface area contributed by atoms with Gasteiger partial charge in [0, 0.05) is 39.6 Å². The highest BCUT2D eigenvalue weighted by molar-refractivity contribution is 5.89. The Morgan fingerprint density at radius 1 is 0.704 bits per heavy atom.